The second-order valence-electron chi connectivity index (χ2n) is 2.72. The van der Waals surface area contributed by atoms with Gasteiger partial charge in [0.25, 0.3) is 0 Å². The van der Waals surface area contributed by atoms with E-state index < -0.39 is 0 Å². The Kier molecular flexibility index (Phi) is 2.99. The highest BCUT2D eigenvalue weighted by Crippen LogP contribution is 2.22. The Hall–Kier alpha value is -1.39. The molecule has 0 amide bonds. The zero-order valence-corrected chi connectivity index (χ0v) is 9.02. The predicted octanol–water partition coefficient (Wildman–Crippen LogP) is 2.47. The predicted molar refractivity (Wildman–Crippen MR) is 59.5 cm³/mol. The Morgan fingerprint density at radius 1 is 1.13 bits per heavy atom. The van der Waals surface area contributed by atoms with Gasteiger partial charge in [0, 0.05) is 5.56 Å². The molecule has 0 radical (unpaired) electrons. The van der Waals surface area contributed by atoms with Crippen LogP contribution in [0.4, 0.5) is 0 Å². The molecule has 0 unspecified atom stereocenters. The molecule has 0 atom stereocenters. The van der Waals surface area contributed by atoms with Crippen LogP contribution in [0.25, 0.3) is 0 Å². The molecule has 2 aromatic rings. The maximum absolute atomic E-state index is 5.95. The summed E-state index contributed by atoms with van der Waals surface area (Å²) in [4.78, 5) is 0. The van der Waals surface area contributed by atoms with Crippen molar-refractivity contribution < 1.29 is 0 Å². The van der Waals surface area contributed by atoms with Crippen LogP contribution in [0.1, 0.15) is 5.56 Å². The number of hydrogen-bond donors (Lipinski definition) is 0. The molecule has 0 aliphatic heterocycles. The molecule has 2 rings (SSSR count). The molecule has 0 saturated heterocycles. The van der Waals surface area contributed by atoms with Gasteiger partial charge in [-0.2, -0.15) is 5.10 Å². The molecule has 15 heavy (non-hydrogen) atoms. The number of halogens is 2. The Bertz CT molecular complexity index is 459. The van der Waals surface area contributed by atoms with Crippen LogP contribution < -0.4 is 0 Å². The average molecular weight is 241 g/mol. The molecule has 0 aliphatic rings. The monoisotopic (exact) mass is 240 g/mol. The highest BCUT2D eigenvalue weighted by atomic mass is 35.5. The third kappa shape index (κ3) is 2.34. The number of hydrogen-bond acceptors (Lipinski definition) is 3. The fraction of sp³-hybridized carbons (Fsp3) is 0. The minimum atomic E-state index is 0.555. The van der Waals surface area contributed by atoms with E-state index in [0.717, 1.165) is 0 Å². The lowest BCUT2D eigenvalue weighted by molar-refractivity contribution is 0.878. The minimum Gasteiger partial charge on any atom is -0.208 e. The van der Waals surface area contributed by atoms with E-state index in [9.17, 15) is 0 Å². The topological polar surface area (TPSA) is 43.1 Å². The Balaban J connectivity index is 2.32. The molecule has 1 aromatic carbocycles. The highest BCUT2D eigenvalue weighted by molar-refractivity contribution is 6.38. The first-order valence-electron chi connectivity index (χ1n) is 4.10. The summed E-state index contributed by atoms with van der Waals surface area (Å²) < 4.78 is 1.46. The second kappa shape index (κ2) is 4.42. The average Bonchev–Trinajstić information content (AvgIpc) is 2.70. The summed E-state index contributed by atoms with van der Waals surface area (Å²) in [5, 5.41) is 12.4. The van der Waals surface area contributed by atoms with Gasteiger partial charge >= 0.3 is 0 Å². The minimum absolute atomic E-state index is 0.555. The number of aromatic nitrogens is 3. The first kappa shape index (κ1) is 10.1. The van der Waals surface area contributed by atoms with Crippen molar-refractivity contribution in [3.05, 3.63) is 46.5 Å². The van der Waals surface area contributed by atoms with E-state index >= 15 is 0 Å². The van der Waals surface area contributed by atoms with Crippen LogP contribution in [0, 0.1) is 0 Å². The van der Waals surface area contributed by atoms with Gasteiger partial charge < -0.3 is 0 Å². The summed E-state index contributed by atoms with van der Waals surface area (Å²) >= 11 is 11.9. The van der Waals surface area contributed by atoms with Gasteiger partial charge in [-0.25, -0.2) is 4.68 Å². The summed E-state index contributed by atoms with van der Waals surface area (Å²) in [6, 6.07) is 5.28. The third-order valence-corrected chi connectivity index (χ3v) is 2.39. The van der Waals surface area contributed by atoms with E-state index in [-0.39, 0.29) is 0 Å². The van der Waals surface area contributed by atoms with Gasteiger partial charge in [0.05, 0.1) is 16.3 Å². The maximum atomic E-state index is 5.95. The molecule has 4 nitrogen and oxygen atoms in total. The van der Waals surface area contributed by atoms with Gasteiger partial charge in [0.1, 0.15) is 12.7 Å². The molecule has 1 heterocycles. The van der Waals surface area contributed by atoms with E-state index in [2.05, 4.69) is 15.3 Å². The third-order valence-electron chi connectivity index (χ3n) is 1.73. The van der Waals surface area contributed by atoms with Crippen LogP contribution in [0.3, 0.4) is 0 Å². The van der Waals surface area contributed by atoms with Gasteiger partial charge in [0.2, 0.25) is 0 Å². The van der Waals surface area contributed by atoms with E-state index in [4.69, 9.17) is 23.2 Å². The highest BCUT2D eigenvalue weighted by Gasteiger charge is 2.01. The fourth-order valence-electron chi connectivity index (χ4n) is 1.01. The van der Waals surface area contributed by atoms with Crippen molar-refractivity contribution in [3.63, 3.8) is 0 Å². The molecule has 1 aromatic heterocycles. The number of rotatable bonds is 2. The van der Waals surface area contributed by atoms with E-state index in [1.807, 2.05) is 0 Å². The number of nitrogens with zero attached hydrogens (tertiary/aromatic N) is 4. The summed E-state index contributed by atoms with van der Waals surface area (Å²) in [6.07, 6.45) is 4.51. The second-order valence-corrected chi connectivity index (χ2v) is 3.54. The summed E-state index contributed by atoms with van der Waals surface area (Å²) in [5.41, 5.74) is 0.675. The van der Waals surface area contributed by atoms with Gasteiger partial charge in [-0.15, -0.1) is 10.2 Å². The zero-order chi connectivity index (χ0) is 10.7. The standard InChI is InChI=1S/C9H6Cl2N4/c10-8-2-1-3-9(11)7(8)4-14-15-5-12-13-6-15/h1-6H/b14-4-. The summed E-state index contributed by atoms with van der Waals surface area (Å²) in [5.74, 6) is 0. The van der Waals surface area contributed by atoms with E-state index in [1.165, 1.54) is 17.3 Å². The maximum Gasteiger partial charge on any atom is 0.141 e. The van der Waals surface area contributed by atoms with E-state index in [0.29, 0.717) is 15.6 Å². The summed E-state index contributed by atoms with van der Waals surface area (Å²) in [6.45, 7) is 0. The van der Waals surface area contributed by atoms with Gasteiger partial charge in [-0.1, -0.05) is 29.3 Å². The molecule has 0 fully saturated rings. The Morgan fingerprint density at radius 2 is 1.73 bits per heavy atom. The largest absolute Gasteiger partial charge is 0.208 e. The Morgan fingerprint density at radius 3 is 2.33 bits per heavy atom. The molecule has 6 heteroatoms. The van der Waals surface area contributed by atoms with Crippen molar-refractivity contribution in [1.29, 1.82) is 0 Å². The first-order valence-corrected chi connectivity index (χ1v) is 4.86. The zero-order valence-electron chi connectivity index (χ0n) is 7.51. The molecule has 76 valence electrons. The molecule has 0 aliphatic carbocycles. The molecule has 0 saturated carbocycles. The van der Waals surface area contributed by atoms with Crippen LogP contribution in [-0.4, -0.2) is 21.1 Å². The van der Waals surface area contributed by atoms with Crippen molar-refractivity contribution in [2.24, 2.45) is 5.10 Å². The van der Waals surface area contributed by atoms with Crippen LogP contribution in [0.5, 0.6) is 0 Å². The van der Waals surface area contributed by atoms with Gasteiger partial charge in [-0.05, 0) is 12.1 Å². The quantitative estimate of drug-likeness (QED) is 0.758. The number of benzene rings is 1. The van der Waals surface area contributed by atoms with Crippen LogP contribution >= 0.6 is 23.2 Å². The van der Waals surface area contributed by atoms with Crippen molar-refractivity contribution >= 4 is 29.4 Å². The molecular formula is C9H6Cl2N4. The normalized spacial score (nSPS) is 11.1. The van der Waals surface area contributed by atoms with Crippen LogP contribution in [0.15, 0.2) is 36.0 Å². The SMILES string of the molecule is Clc1cccc(Cl)c1/C=N\n1cnnc1. The Labute approximate surface area is 96.2 Å². The van der Waals surface area contributed by atoms with Crippen molar-refractivity contribution in [2.45, 2.75) is 0 Å². The molecule has 0 bridgehead atoms. The smallest absolute Gasteiger partial charge is 0.141 e. The lowest BCUT2D eigenvalue weighted by Gasteiger charge is -1.99. The van der Waals surface area contributed by atoms with Crippen LogP contribution in [-0.2, 0) is 0 Å². The van der Waals surface area contributed by atoms with E-state index in [1.54, 1.807) is 24.4 Å². The van der Waals surface area contributed by atoms with Gasteiger partial charge in [-0.3, -0.25) is 0 Å². The fourth-order valence-corrected chi connectivity index (χ4v) is 1.51. The summed E-state index contributed by atoms with van der Waals surface area (Å²) in [7, 11) is 0. The molecule has 0 N–H and O–H groups in total. The molecular weight excluding hydrogens is 235 g/mol. The lowest BCUT2D eigenvalue weighted by atomic mass is 10.2. The van der Waals surface area contributed by atoms with Crippen molar-refractivity contribution in [3.8, 4) is 0 Å². The molecule has 0 spiro atoms. The first-order chi connectivity index (χ1) is 7.27. The van der Waals surface area contributed by atoms with Crippen molar-refractivity contribution in [2.75, 3.05) is 0 Å². The van der Waals surface area contributed by atoms with Crippen LogP contribution in [0.2, 0.25) is 10.0 Å². The van der Waals surface area contributed by atoms with Gasteiger partial charge in [0.15, 0.2) is 0 Å². The lowest BCUT2D eigenvalue weighted by Crippen LogP contribution is -1.89. The van der Waals surface area contributed by atoms with Crippen molar-refractivity contribution in [1.82, 2.24) is 14.9 Å².